The van der Waals surface area contributed by atoms with Gasteiger partial charge in [-0.1, -0.05) is 26.7 Å². The monoisotopic (exact) mass is 563 g/mol. The van der Waals surface area contributed by atoms with E-state index < -0.39 is 0 Å². The Morgan fingerprint density at radius 1 is 0.897 bits per heavy atom. The van der Waals surface area contributed by atoms with E-state index in [1.54, 1.807) is 0 Å². The molecule has 2 heterocycles. The quantitative estimate of drug-likeness (QED) is 0.145. The van der Waals surface area contributed by atoms with Gasteiger partial charge in [0.05, 0.1) is 12.3 Å². The molecule has 8 heteroatoms. The van der Waals surface area contributed by atoms with Crippen LogP contribution in [0.1, 0.15) is 111 Å². The van der Waals surface area contributed by atoms with Gasteiger partial charge in [-0.25, -0.2) is 0 Å². The summed E-state index contributed by atoms with van der Waals surface area (Å²) in [6.07, 6.45) is 18.3. The van der Waals surface area contributed by atoms with Gasteiger partial charge in [0, 0.05) is 36.0 Å². The van der Waals surface area contributed by atoms with Crippen LogP contribution in [0.4, 0.5) is 0 Å². The lowest BCUT2D eigenvalue weighted by Gasteiger charge is -2.42. The third-order valence-corrected chi connectivity index (χ3v) is 11.6. The summed E-state index contributed by atoms with van der Waals surface area (Å²) in [5.41, 5.74) is 7.81. The summed E-state index contributed by atoms with van der Waals surface area (Å²) in [6.45, 7) is 10.5. The number of hydrogen-bond donors (Lipinski definition) is 6. The summed E-state index contributed by atoms with van der Waals surface area (Å²) >= 11 is 2.23. The average molecular weight is 564 g/mol. The highest BCUT2D eigenvalue weighted by Crippen LogP contribution is 2.34. The standard InChI is InChI=1S/C31H61N7S/c1-4-5-6-19-39-28-20-27(10-7-22(28)2)36-30-21-29(37-31(32)38-30)35-26-11-8-25(9-12-26)23(3)34-18-15-24-13-16-33-17-14-24/h22,24-31,33,35-38H,4-21,32H2,1-3H3. The molecule has 2 aliphatic heterocycles. The fourth-order valence-corrected chi connectivity index (χ4v) is 8.81. The van der Waals surface area contributed by atoms with Crippen LogP contribution in [-0.4, -0.2) is 67.1 Å². The number of nitrogens with one attached hydrogen (secondary N) is 5. The first-order valence-electron chi connectivity index (χ1n) is 16.6. The minimum atomic E-state index is -0.166. The Morgan fingerprint density at radius 2 is 1.59 bits per heavy atom. The van der Waals surface area contributed by atoms with Crippen LogP contribution in [0.3, 0.4) is 0 Å². The van der Waals surface area contributed by atoms with Gasteiger partial charge >= 0.3 is 0 Å². The number of nitrogens with two attached hydrogens (primary N) is 1. The van der Waals surface area contributed by atoms with E-state index >= 15 is 0 Å². The van der Waals surface area contributed by atoms with E-state index in [1.165, 1.54) is 108 Å². The first kappa shape index (κ1) is 31.7. The Hall–Kier alpha value is -0.220. The summed E-state index contributed by atoms with van der Waals surface area (Å²) in [4.78, 5) is 5.02. The second-order valence-corrected chi connectivity index (χ2v) is 14.5. The zero-order valence-electron chi connectivity index (χ0n) is 25.4. The topological polar surface area (TPSA) is 98.5 Å². The number of piperidine rings is 1. The van der Waals surface area contributed by atoms with Crippen molar-refractivity contribution in [2.75, 3.05) is 25.4 Å². The third-order valence-electron chi connectivity index (χ3n) is 9.98. The Kier molecular flexibility index (Phi) is 13.8. The van der Waals surface area contributed by atoms with E-state index in [4.69, 9.17) is 10.7 Å². The molecule has 0 spiro atoms. The lowest BCUT2D eigenvalue weighted by Crippen LogP contribution is -2.70. The van der Waals surface area contributed by atoms with Crippen molar-refractivity contribution in [1.29, 1.82) is 0 Å². The zero-order chi connectivity index (χ0) is 27.5. The van der Waals surface area contributed by atoms with Crippen molar-refractivity contribution in [3.8, 4) is 0 Å². The Bertz CT molecular complexity index is 707. The molecule has 0 bridgehead atoms. The Labute approximate surface area is 244 Å². The van der Waals surface area contributed by atoms with Crippen molar-refractivity contribution in [3.63, 3.8) is 0 Å². The van der Waals surface area contributed by atoms with Crippen molar-refractivity contribution in [2.45, 2.75) is 147 Å². The van der Waals surface area contributed by atoms with Crippen molar-refractivity contribution in [2.24, 2.45) is 28.5 Å². The number of nitrogens with zero attached hydrogens (tertiary/aromatic N) is 1. The van der Waals surface area contributed by atoms with Crippen LogP contribution < -0.4 is 32.3 Å². The maximum Gasteiger partial charge on any atom is 0.111 e. The predicted molar refractivity (Wildman–Crippen MR) is 169 cm³/mol. The number of rotatable bonds is 13. The second-order valence-electron chi connectivity index (χ2n) is 13.1. The number of aliphatic imine (C=N–C) groups is 1. The van der Waals surface area contributed by atoms with Gasteiger partial charge in [-0.05, 0) is 114 Å². The van der Waals surface area contributed by atoms with E-state index in [0.717, 1.165) is 30.1 Å². The summed E-state index contributed by atoms with van der Waals surface area (Å²) in [5, 5.41) is 19.3. The molecule has 226 valence electrons. The molecule has 0 aromatic carbocycles. The number of unbranched alkanes of at least 4 members (excludes halogenated alkanes) is 2. The van der Waals surface area contributed by atoms with Crippen LogP contribution in [0.5, 0.6) is 0 Å². The van der Waals surface area contributed by atoms with Crippen molar-refractivity contribution >= 4 is 17.5 Å². The molecule has 2 saturated carbocycles. The van der Waals surface area contributed by atoms with Crippen LogP contribution >= 0.6 is 11.8 Å². The van der Waals surface area contributed by atoms with Gasteiger partial charge in [0.15, 0.2) is 0 Å². The van der Waals surface area contributed by atoms with Gasteiger partial charge in [-0.15, -0.1) is 0 Å². The van der Waals surface area contributed by atoms with Gasteiger partial charge < -0.3 is 11.1 Å². The van der Waals surface area contributed by atoms with E-state index in [0.29, 0.717) is 18.0 Å². The van der Waals surface area contributed by atoms with Gasteiger partial charge in [-0.2, -0.15) is 11.8 Å². The molecule has 7 nitrogen and oxygen atoms in total. The van der Waals surface area contributed by atoms with E-state index in [1.807, 2.05) is 0 Å². The molecule has 39 heavy (non-hydrogen) atoms. The fourth-order valence-electron chi connectivity index (χ4n) is 7.31. The molecule has 2 aliphatic carbocycles. The van der Waals surface area contributed by atoms with Crippen molar-refractivity contribution in [1.82, 2.24) is 26.6 Å². The molecular formula is C31H61N7S. The molecule has 6 unspecified atom stereocenters. The molecule has 4 rings (SSSR count). The van der Waals surface area contributed by atoms with Crippen molar-refractivity contribution in [3.05, 3.63) is 0 Å². The highest BCUT2D eigenvalue weighted by atomic mass is 32.2. The SMILES string of the molecule is CCCCCSC1CC(NC2CC(NC3CCC(C(C)=NCCC4CCNCC4)CC3)NC(N)N2)CCC1C. The molecule has 7 N–H and O–H groups in total. The normalized spacial score (nSPS) is 37.2. The minimum Gasteiger partial charge on any atom is -0.317 e. The van der Waals surface area contributed by atoms with Gasteiger partial charge in [0.25, 0.3) is 0 Å². The first-order chi connectivity index (χ1) is 19.0. The number of hydrogen-bond acceptors (Lipinski definition) is 8. The van der Waals surface area contributed by atoms with Gasteiger partial charge in [0.2, 0.25) is 0 Å². The summed E-state index contributed by atoms with van der Waals surface area (Å²) in [5.74, 6) is 3.72. The Balaban J connectivity index is 1.15. The molecule has 0 aromatic heterocycles. The van der Waals surface area contributed by atoms with Gasteiger partial charge in [0.1, 0.15) is 6.29 Å². The first-order valence-corrected chi connectivity index (χ1v) is 17.7. The molecule has 2 saturated heterocycles. The van der Waals surface area contributed by atoms with Crippen molar-refractivity contribution < 1.29 is 0 Å². The largest absolute Gasteiger partial charge is 0.317 e. The lowest BCUT2D eigenvalue weighted by atomic mass is 9.83. The highest BCUT2D eigenvalue weighted by molar-refractivity contribution is 7.99. The zero-order valence-corrected chi connectivity index (χ0v) is 26.2. The molecule has 4 fully saturated rings. The Morgan fingerprint density at radius 3 is 2.31 bits per heavy atom. The lowest BCUT2D eigenvalue weighted by molar-refractivity contribution is 0.155. The smallest absolute Gasteiger partial charge is 0.111 e. The summed E-state index contributed by atoms with van der Waals surface area (Å²) in [6, 6.07) is 1.17. The molecular weight excluding hydrogens is 502 g/mol. The number of thioether (sulfide) groups is 1. The van der Waals surface area contributed by atoms with Crippen LogP contribution in [0, 0.1) is 17.8 Å². The second kappa shape index (κ2) is 17.0. The van der Waals surface area contributed by atoms with E-state index in [2.05, 4.69) is 59.1 Å². The van der Waals surface area contributed by atoms with Crippen LogP contribution in [0.15, 0.2) is 4.99 Å². The highest BCUT2D eigenvalue weighted by Gasteiger charge is 2.33. The molecule has 0 amide bonds. The van der Waals surface area contributed by atoms with Crippen LogP contribution in [-0.2, 0) is 0 Å². The van der Waals surface area contributed by atoms with Gasteiger partial charge in [-0.3, -0.25) is 26.3 Å². The molecule has 6 atom stereocenters. The molecule has 4 aliphatic rings. The summed E-state index contributed by atoms with van der Waals surface area (Å²) in [7, 11) is 0. The van der Waals surface area contributed by atoms with Crippen LogP contribution in [0.2, 0.25) is 0 Å². The minimum absolute atomic E-state index is 0.166. The van der Waals surface area contributed by atoms with E-state index in [-0.39, 0.29) is 18.6 Å². The maximum absolute atomic E-state index is 6.41. The summed E-state index contributed by atoms with van der Waals surface area (Å²) < 4.78 is 0. The van der Waals surface area contributed by atoms with Crippen LogP contribution in [0.25, 0.3) is 0 Å². The third kappa shape index (κ3) is 10.8. The molecule has 0 aromatic rings. The average Bonchev–Trinajstić information content (AvgIpc) is 2.93. The van der Waals surface area contributed by atoms with E-state index in [9.17, 15) is 0 Å². The molecule has 0 radical (unpaired) electrons. The maximum atomic E-state index is 6.41. The predicted octanol–water partition coefficient (Wildman–Crippen LogP) is 4.53. The fraction of sp³-hybridized carbons (Fsp3) is 0.968.